The van der Waals surface area contributed by atoms with Crippen LogP contribution >= 0.6 is 0 Å². The van der Waals surface area contributed by atoms with E-state index in [1.54, 1.807) is 0 Å². The summed E-state index contributed by atoms with van der Waals surface area (Å²) in [4.78, 5) is 14.4. The van der Waals surface area contributed by atoms with E-state index in [0.29, 0.717) is 17.4 Å². The van der Waals surface area contributed by atoms with Crippen LogP contribution in [0.25, 0.3) is 0 Å². The number of hydrogen-bond acceptors (Lipinski definition) is 7. The van der Waals surface area contributed by atoms with Gasteiger partial charge in [-0.2, -0.15) is 10.1 Å². The summed E-state index contributed by atoms with van der Waals surface area (Å²) in [5.41, 5.74) is 1.65. The topological polar surface area (TPSA) is 82.2 Å². The fourth-order valence-corrected chi connectivity index (χ4v) is 5.96. The van der Waals surface area contributed by atoms with Gasteiger partial charge in [0.1, 0.15) is 5.82 Å². The molecule has 160 valence electrons. The predicted molar refractivity (Wildman–Crippen MR) is 115 cm³/mol. The van der Waals surface area contributed by atoms with E-state index in [4.69, 9.17) is 9.72 Å². The number of ether oxygens (including phenoxy) is 1. The van der Waals surface area contributed by atoms with Crippen LogP contribution in [0.2, 0.25) is 0 Å². The van der Waals surface area contributed by atoms with Gasteiger partial charge in [-0.3, -0.25) is 10.00 Å². The van der Waals surface area contributed by atoms with Gasteiger partial charge in [-0.1, -0.05) is 12.8 Å². The minimum Gasteiger partial charge on any atom is -0.379 e. The maximum atomic E-state index is 5.51. The first kappa shape index (κ1) is 18.6. The average molecular weight is 410 g/mol. The summed E-state index contributed by atoms with van der Waals surface area (Å²) in [5.74, 6) is 3.14. The van der Waals surface area contributed by atoms with Crippen molar-refractivity contribution in [3.05, 3.63) is 24.0 Å². The number of nitrogens with zero attached hydrogens (tertiary/aromatic N) is 5. The second-order valence-electron chi connectivity index (χ2n) is 9.64. The molecule has 0 radical (unpaired) electrons. The Morgan fingerprint density at radius 1 is 1.17 bits per heavy atom. The zero-order chi connectivity index (χ0) is 20.0. The van der Waals surface area contributed by atoms with Crippen LogP contribution in [0.3, 0.4) is 0 Å². The highest BCUT2D eigenvalue weighted by Crippen LogP contribution is 2.53. The van der Waals surface area contributed by atoms with E-state index in [2.05, 4.69) is 36.4 Å². The molecule has 0 unspecified atom stereocenters. The number of morpholine rings is 1. The normalized spacial score (nSPS) is 29.3. The Kier molecular flexibility index (Phi) is 4.64. The molecule has 2 aromatic heterocycles. The fraction of sp³-hybridized carbons (Fsp3) is 0.682. The molecule has 30 heavy (non-hydrogen) atoms. The molecule has 8 heteroatoms. The van der Waals surface area contributed by atoms with Gasteiger partial charge < -0.3 is 15.0 Å². The lowest BCUT2D eigenvalue weighted by Crippen LogP contribution is -2.47. The molecule has 5 aliphatic rings. The van der Waals surface area contributed by atoms with Crippen molar-refractivity contribution in [3.63, 3.8) is 0 Å². The molecule has 2 aliphatic carbocycles. The van der Waals surface area contributed by atoms with Crippen LogP contribution in [-0.4, -0.2) is 70.5 Å². The predicted octanol–water partition coefficient (Wildman–Crippen LogP) is 2.90. The number of aromatic amines is 1. The molecule has 0 amide bonds. The second-order valence-corrected chi connectivity index (χ2v) is 9.64. The minimum atomic E-state index is 0.410. The Morgan fingerprint density at radius 2 is 2.00 bits per heavy atom. The van der Waals surface area contributed by atoms with Gasteiger partial charge in [0.2, 0.25) is 5.95 Å². The number of aromatic nitrogens is 4. The van der Waals surface area contributed by atoms with Gasteiger partial charge in [0.15, 0.2) is 5.82 Å². The molecule has 3 saturated heterocycles. The van der Waals surface area contributed by atoms with Crippen molar-refractivity contribution in [2.24, 2.45) is 5.41 Å². The largest absolute Gasteiger partial charge is 0.379 e. The minimum absolute atomic E-state index is 0.410. The number of nitrogens with one attached hydrogen (secondary N) is 2. The highest BCUT2D eigenvalue weighted by molar-refractivity contribution is 5.54. The van der Waals surface area contributed by atoms with Gasteiger partial charge in [0, 0.05) is 61.5 Å². The maximum absolute atomic E-state index is 5.51. The molecular formula is C22H31N7O. The highest BCUT2D eigenvalue weighted by Gasteiger charge is 2.56. The Hall–Kier alpha value is -2.19. The van der Waals surface area contributed by atoms with E-state index >= 15 is 0 Å². The van der Waals surface area contributed by atoms with Crippen LogP contribution < -0.4 is 10.2 Å². The van der Waals surface area contributed by atoms with Crippen LogP contribution in [0.5, 0.6) is 0 Å². The zero-order valence-electron chi connectivity index (χ0n) is 17.5. The molecule has 7 rings (SSSR count). The summed E-state index contributed by atoms with van der Waals surface area (Å²) in [6, 6.07) is 4.65. The van der Waals surface area contributed by atoms with Gasteiger partial charge in [0.05, 0.1) is 13.2 Å². The average Bonchev–Trinajstić information content (AvgIpc) is 3.52. The van der Waals surface area contributed by atoms with Crippen LogP contribution in [0.1, 0.15) is 50.1 Å². The Labute approximate surface area is 177 Å². The van der Waals surface area contributed by atoms with Crippen molar-refractivity contribution in [3.8, 4) is 0 Å². The van der Waals surface area contributed by atoms with Crippen molar-refractivity contribution >= 4 is 17.6 Å². The lowest BCUT2D eigenvalue weighted by atomic mass is 9.70. The van der Waals surface area contributed by atoms with Gasteiger partial charge >= 0.3 is 0 Å². The Morgan fingerprint density at radius 3 is 2.83 bits per heavy atom. The number of H-pyrrole nitrogens is 1. The van der Waals surface area contributed by atoms with Gasteiger partial charge in [-0.25, -0.2) is 4.98 Å². The first-order valence-electron chi connectivity index (χ1n) is 11.5. The van der Waals surface area contributed by atoms with E-state index in [9.17, 15) is 0 Å². The van der Waals surface area contributed by atoms with Crippen molar-refractivity contribution < 1.29 is 4.74 Å². The molecule has 2 bridgehead atoms. The molecule has 2 saturated carbocycles. The SMILES string of the molecule is c1cc(Nc2cc(C3CCCC3)[nH]n2)nc(N2CC3(CN4CCOCC4)CC2C3)n1. The van der Waals surface area contributed by atoms with E-state index in [-0.39, 0.29) is 0 Å². The maximum Gasteiger partial charge on any atom is 0.227 e. The molecule has 2 aromatic rings. The molecule has 2 N–H and O–H groups in total. The van der Waals surface area contributed by atoms with Crippen molar-refractivity contribution in [1.82, 2.24) is 25.1 Å². The number of hydrogen-bond donors (Lipinski definition) is 2. The van der Waals surface area contributed by atoms with E-state index < -0.39 is 0 Å². The molecule has 8 nitrogen and oxygen atoms in total. The molecule has 0 spiro atoms. The van der Waals surface area contributed by atoms with Crippen molar-refractivity contribution in [1.29, 1.82) is 0 Å². The van der Waals surface area contributed by atoms with Gasteiger partial charge in [0.25, 0.3) is 0 Å². The Balaban J connectivity index is 1.11. The molecule has 3 aliphatic heterocycles. The third-order valence-corrected chi connectivity index (χ3v) is 7.50. The monoisotopic (exact) mass is 409 g/mol. The lowest BCUT2D eigenvalue weighted by molar-refractivity contribution is 0.00803. The second kappa shape index (κ2) is 7.50. The first-order chi connectivity index (χ1) is 14.8. The van der Waals surface area contributed by atoms with E-state index in [1.165, 1.54) is 50.8 Å². The van der Waals surface area contributed by atoms with Gasteiger partial charge in [-0.15, -0.1) is 0 Å². The molecule has 0 aromatic carbocycles. The molecule has 5 heterocycles. The smallest absolute Gasteiger partial charge is 0.227 e. The van der Waals surface area contributed by atoms with Crippen LogP contribution in [0.15, 0.2) is 18.3 Å². The van der Waals surface area contributed by atoms with Crippen molar-refractivity contribution in [2.75, 3.05) is 49.6 Å². The van der Waals surface area contributed by atoms with E-state index in [0.717, 1.165) is 50.4 Å². The van der Waals surface area contributed by atoms with Crippen molar-refractivity contribution in [2.45, 2.75) is 50.5 Å². The third kappa shape index (κ3) is 3.46. The molecule has 0 atom stereocenters. The lowest BCUT2D eigenvalue weighted by Gasteiger charge is -2.41. The summed E-state index contributed by atoms with van der Waals surface area (Å²) in [6.07, 6.45) is 9.56. The quantitative estimate of drug-likeness (QED) is 0.759. The molecule has 5 fully saturated rings. The fourth-order valence-electron chi connectivity index (χ4n) is 5.96. The Bertz CT molecular complexity index is 881. The highest BCUT2D eigenvalue weighted by atomic mass is 16.5. The molecular weight excluding hydrogens is 378 g/mol. The number of fused-ring (bicyclic) bond motifs is 1. The van der Waals surface area contributed by atoms with Crippen LogP contribution in [0, 0.1) is 5.41 Å². The number of anilines is 3. The van der Waals surface area contributed by atoms with Crippen LogP contribution in [0.4, 0.5) is 17.6 Å². The third-order valence-electron chi connectivity index (χ3n) is 7.50. The zero-order valence-corrected chi connectivity index (χ0v) is 17.5. The summed E-state index contributed by atoms with van der Waals surface area (Å²) in [6.45, 7) is 6.11. The summed E-state index contributed by atoms with van der Waals surface area (Å²) < 4.78 is 5.51. The standard InChI is InChI=1S/C22H31N7O/c1-2-4-16(3-1)18-11-20(27-26-18)24-19-5-6-23-21(25-19)29-15-22(12-17(29)13-22)14-28-7-9-30-10-8-28/h5-6,11,16-17H,1-4,7-10,12-15H2,(H2,23,24,25,26,27). The summed E-state index contributed by atoms with van der Waals surface area (Å²) in [5, 5.41) is 11.0. The van der Waals surface area contributed by atoms with E-state index in [1.807, 2.05) is 12.3 Å². The summed E-state index contributed by atoms with van der Waals surface area (Å²) >= 11 is 0. The number of rotatable bonds is 6. The van der Waals surface area contributed by atoms with Gasteiger partial charge in [-0.05, 0) is 31.7 Å². The summed E-state index contributed by atoms with van der Waals surface area (Å²) in [7, 11) is 0. The first-order valence-corrected chi connectivity index (χ1v) is 11.5. The van der Waals surface area contributed by atoms with Crippen LogP contribution in [-0.2, 0) is 4.74 Å².